The summed E-state index contributed by atoms with van der Waals surface area (Å²) in [7, 11) is 3.49. The highest BCUT2D eigenvalue weighted by molar-refractivity contribution is 5.34. The summed E-state index contributed by atoms with van der Waals surface area (Å²) in [4.78, 5) is 8.59. The minimum absolute atomic E-state index is 0.0483. The zero-order valence-corrected chi connectivity index (χ0v) is 10.3. The summed E-state index contributed by atoms with van der Waals surface area (Å²) in [6.07, 6.45) is 0.0483. The van der Waals surface area contributed by atoms with Crippen LogP contribution in [0.15, 0.2) is 6.07 Å². The van der Waals surface area contributed by atoms with E-state index in [1.165, 1.54) is 0 Å². The van der Waals surface area contributed by atoms with Crippen molar-refractivity contribution in [3.8, 4) is 0 Å². The lowest BCUT2D eigenvalue weighted by Crippen LogP contribution is -2.15. The minimum atomic E-state index is 0.0483. The SMILES string of the molecule is CNc1cc(C)nc(COC(C)COC)n1. The summed E-state index contributed by atoms with van der Waals surface area (Å²) in [5, 5.41) is 2.99. The molecule has 0 saturated heterocycles. The lowest BCUT2D eigenvalue weighted by atomic mass is 10.4. The Hall–Kier alpha value is -1.20. The highest BCUT2D eigenvalue weighted by Gasteiger charge is 2.05. The van der Waals surface area contributed by atoms with Crippen LogP contribution in [0.3, 0.4) is 0 Å². The van der Waals surface area contributed by atoms with Gasteiger partial charge in [0.05, 0.1) is 12.7 Å². The molecule has 1 aromatic rings. The molecule has 0 aromatic carbocycles. The van der Waals surface area contributed by atoms with Gasteiger partial charge in [-0.2, -0.15) is 0 Å². The van der Waals surface area contributed by atoms with E-state index in [4.69, 9.17) is 9.47 Å². The van der Waals surface area contributed by atoms with E-state index >= 15 is 0 Å². The average Bonchev–Trinajstić information content (AvgIpc) is 2.26. The molecule has 0 aliphatic carbocycles. The molecule has 0 amide bonds. The Kier molecular flexibility index (Phi) is 5.14. The van der Waals surface area contributed by atoms with Gasteiger partial charge in [0.25, 0.3) is 0 Å². The molecule has 0 spiro atoms. The van der Waals surface area contributed by atoms with E-state index in [0.717, 1.165) is 11.5 Å². The third-order valence-corrected chi connectivity index (χ3v) is 2.05. The molecule has 0 fully saturated rings. The molecule has 90 valence electrons. The van der Waals surface area contributed by atoms with Crippen molar-refractivity contribution in [2.45, 2.75) is 26.6 Å². The van der Waals surface area contributed by atoms with E-state index in [2.05, 4.69) is 15.3 Å². The highest BCUT2D eigenvalue weighted by atomic mass is 16.5. The van der Waals surface area contributed by atoms with Crippen LogP contribution in [0.1, 0.15) is 18.4 Å². The molecule has 0 radical (unpaired) electrons. The summed E-state index contributed by atoms with van der Waals surface area (Å²) in [5.41, 5.74) is 0.928. The van der Waals surface area contributed by atoms with Gasteiger partial charge < -0.3 is 14.8 Å². The molecule has 1 atom stereocenters. The van der Waals surface area contributed by atoms with E-state index in [0.29, 0.717) is 19.0 Å². The lowest BCUT2D eigenvalue weighted by Gasteiger charge is -2.11. The Morgan fingerprint density at radius 3 is 2.81 bits per heavy atom. The second kappa shape index (κ2) is 6.40. The third kappa shape index (κ3) is 4.12. The van der Waals surface area contributed by atoms with Crippen molar-refractivity contribution < 1.29 is 9.47 Å². The molecule has 16 heavy (non-hydrogen) atoms. The fourth-order valence-corrected chi connectivity index (χ4v) is 1.32. The quantitative estimate of drug-likeness (QED) is 0.792. The van der Waals surface area contributed by atoms with Crippen molar-refractivity contribution in [2.24, 2.45) is 0 Å². The Morgan fingerprint density at radius 1 is 1.44 bits per heavy atom. The lowest BCUT2D eigenvalue weighted by molar-refractivity contribution is -0.00273. The molecule has 0 bridgehead atoms. The van der Waals surface area contributed by atoms with Gasteiger partial charge in [-0.3, -0.25) is 0 Å². The summed E-state index contributed by atoms with van der Waals surface area (Å²) in [5.74, 6) is 1.50. The summed E-state index contributed by atoms with van der Waals surface area (Å²) in [6.45, 7) is 4.87. The van der Waals surface area contributed by atoms with Crippen molar-refractivity contribution in [3.63, 3.8) is 0 Å². The number of nitrogens with zero attached hydrogens (tertiary/aromatic N) is 2. The van der Waals surface area contributed by atoms with Gasteiger partial charge in [0, 0.05) is 25.9 Å². The third-order valence-electron chi connectivity index (χ3n) is 2.05. The van der Waals surface area contributed by atoms with E-state index < -0.39 is 0 Å². The molecule has 1 unspecified atom stereocenters. The number of rotatable bonds is 6. The van der Waals surface area contributed by atoms with Crippen LogP contribution in [-0.2, 0) is 16.1 Å². The Balaban J connectivity index is 2.56. The van der Waals surface area contributed by atoms with Crippen LogP contribution < -0.4 is 5.32 Å². The van der Waals surface area contributed by atoms with E-state index in [-0.39, 0.29) is 6.10 Å². The normalized spacial score (nSPS) is 12.5. The van der Waals surface area contributed by atoms with Crippen LogP contribution in [-0.4, -0.2) is 36.8 Å². The monoisotopic (exact) mass is 225 g/mol. The van der Waals surface area contributed by atoms with Crippen LogP contribution in [0, 0.1) is 6.92 Å². The molecule has 1 heterocycles. The van der Waals surface area contributed by atoms with Crippen molar-refractivity contribution in [3.05, 3.63) is 17.6 Å². The van der Waals surface area contributed by atoms with Crippen molar-refractivity contribution in [1.29, 1.82) is 0 Å². The molecule has 0 saturated carbocycles. The number of aromatic nitrogens is 2. The molecular formula is C11H19N3O2. The van der Waals surface area contributed by atoms with Gasteiger partial charge in [0.1, 0.15) is 12.4 Å². The Morgan fingerprint density at radius 2 is 2.19 bits per heavy atom. The first kappa shape index (κ1) is 12.9. The largest absolute Gasteiger partial charge is 0.382 e. The molecule has 0 aliphatic rings. The molecule has 1 aromatic heterocycles. The summed E-state index contributed by atoms with van der Waals surface area (Å²) < 4.78 is 10.5. The van der Waals surface area contributed by atoms with E-state index in [1.54, 1.807) is 7.11 Å². The van der Waals surface area contributed by atoms with E-state index in [9.17, 15) is 0 Å². The second-order valence-electron chi connectivity index (χ2n) is 3.64. The number of hydrogen-bond acceptors (Lipinski definition) is 5. The minimum Gasteiger partial charge on any atom is -0.382 e. The maximum atomic E-state index is 5.55. The van der Waals surface area contributed by atoms with Crippen LogP contribution in [0.5, 0.6) is 0 Å². The predicted octanol–water partition coefficient (Wildman–Crippen LogP) is 1.38. The summed E-state index contributed by atoms with van der Waals surface area (Å²) in [6, 6.07) is 1.89. The fraction of sp³-hybridized carbons (Fsp3) is 0.636. The fourth-order valence-electron chi connectivity index (χ4n) is 1.32. The Labute approximate surface area is 96.2 Å². The first-order valence-electron chi connectivity index (χ1n) is 5.28. The Bertz CT molecular complexity index is 331. The van der Waals surface area contributed by atoms with Gasteiger partial charge in [-0.05, 0) is 13.8 Å². The number of anilines is 1. The van der Waals surface area contributed by atoms with Gasteiger partial charge in [0.2, 0.25) is 0 Å². The average molecular weight is 225 g/mol. The van der Waals surface area contributed by atoms with Crippen molar-refractivity contribution in [2.75, 3.05) is 26.1 Å². The molecule has 1 rings (SSSR count). The molecular weight excluding hydrogens is 206 g/mol. The standard InChI is InChI=1S/C11H19N3O2/c1-8-5-10(12-3)14-11(13-8)7-16-9(2)6-15-4/h5,9H,6-7H2,1-4H3,(H,12,13,14). The van der Waals surface area contributed by atoms with Crippen LogP contribution >= 0.6 is 0 Å². The molecule has 0 aliphatic heterocycles. The topological polar surface area (TPSA) is 56.3 Å². The maximum absolute atomic E-state index is 5.55. The number of methoxy groups -OCH3 is 1. The number of aryl methyl sites for hydroxylation is 1. The van der Waals surface area contributed by atoms with E-state index in [1.807, 2.05) is 27.0 Å². The van der Waals surface area contributed by atoms with Crippen molar-refractivity contribution >= 4 is 5.82 Å². The van der Waals surface area contributed by atoms with Gasteiger partial charge in [-0.1, -0.05) is 0 Å². The smallest absolute Gasteiger partial charge is 0.156 e. The maximum Gasteiger partial charge on any atom is 0.156 e. The second-order valence-corrected chi connectivity index (χ2v) is 3.64. The van der Waals surface area contributed by atoms with Gasteiger partial charge >= 0.3 is 0 Å². The number of hydrogen-bond donors (Lipinski definition) is 1. The number of ether oxygens (including phenoxy) is 2. The zero-order valence-electron chi connectivity index (χ0n) is 10.3. The highest BCUT2D eigenvalue weighted by Crippen LogP contribution is 2.07. The van der Waals surface area contributed by atoms with Crippen LogP contribution in [0.25, 0.3) is 0 Å². The molecule has 5 nitrogen and oxygen atoms in total. The van der Waals surface area contributed by atoms with Crippen LogP contribution in [0.4, 0.5) is 5.82 Å². The first-order chi connectivity index (χ1) is 7.65. The van der Waals surface area contributed by atoms with Crippen LogP contribution in [0.2, 0.25) is 0 Å². The first-order valence-corrected chi connectivity index (χ1v) is 5.28. The summed E-state index contributed by atoms with van der Waals surface area (Å²) >= 11 is 0. The number of nitrogens with one attached hydrogen (secondary N) is 1. The molecule has 1 N–H and O–H groups in total. The molecule has 5 heteroatoms. The van der Waals surface area contributed by atoms with Crippen molar-refractivity contribution in [1.82, 2.24) is 9.97 Å². The predicted molar refractivity (Wildman–Crippen MR) is 62.4 cm³/mol. The zero-order chi connectivity index (χ0) is 12.0. The van der Waals surface area contributed by atoms with Gasteiger partial charge in [-0.15, -0.1) is 0 Å². The van der Waals surface area contributed by atoms with Gasteiger partial charge in [-0.25, -0.2) is 9.97 Å². The van der Waals surface area contributed by atoms with Gasteiger partial charge in [0.15, 0.2) is 5.82 Å².